The molecule has 2 aromatic rings. The highest BCUT2D eigenvalue weighted by atomic mass is 19.1. The van der Waals surface area contributed by atoms with E-state index in [1.54, 1.807) is 24.3 Å². The minimum Gasteiger partial charge on any atom is -0.481 e. The van der Waals surface area contributed by atoms with Gasteiger partial charge in [-0.25, -0.2) is 4.39 Å². The van der Waals surface area contributed by atoms with Crippen LogP contribution < -0.4 is 10.1 Å². The fraction of sp³-hybridized carbons (Fsp3) is 0.250. The van der Waals surface area contributed by atoms with Gasteiger partial charge in [0.15, 0.2) is 18.2 Å². The molecule has 0 fully saturated rings. The molecule has 1 heterocycles. The Hall–Kier alpha value is -2.51. The molecular weight excluding hydrogens is 303 g/mol. The number of rotatable bonds is 7. The van der Waals surface area contributed by atoms with E-state index in [9.17, 15) is 19.4 Å². The number of amides is 1. The molecule has 0 saturated carbocycles. The molecule has 6 nitrogen and oxygen atoms in total. The Bertz CT molecular complexity index is 639. The zero-order valence-electron chi connectivity index (χ0n) is 12.2. The highest BCUT2D eigenvalue weighted by Crippen LogP contribution is 2.16. The molecule has 2 rings (SSSR count). The molecule has 0 radical (unpaired) electrons. The van der Waals surface area contributed by atoms with Crippen LogP contribution in [0.5, 0.6) is 5.75 Å². The number of aliphatic hydroxyl groups is 2. The number of benzene rings is 1. The van der Waals surface area contributed by atoms with Crippen LogP contribution in [0.4, 0.5) is 4.39 Å². The number of nitrogens with zero attached hydrogens (tertiary/aromatic N) is 1. The van der Waals surface area contributed by atoms with Gasteiger partial charge in [-0.3, -0.25) is 9.78 Å². The van der Waals surface area contributed by atoms with E-state index in [-0.39, 0.29) is 5.75 Å². The third-order valence-electron chi connectivity index (χ3n) is 3.11. The Morgan fingerprint density at radius 1 is 1.26 bits per heavy atom. The summed E-state index contributed by atoms with van der Waals surface area (Å²) in [6.45, 7) is -0.921. The van der Waals surface area contributed by atoms with Crippen molar-refractivity contribution in [3.05, 3.63) is 60.2 Å². The lowest BCUT2D eigenvalue weighted by Crippen LogP contribution is -2.44. The van der Waals surface area contributed by atoms with E-state index in [0.29, 0.717) is 5.69 Å². The van der Waals surface area contributed by atoms with Crippen LogP contribution in [-0.4, -0.2) is 40.4 Å². The van der Waals surface area contributed by atoms with E-state index < -0.39 is 37.1 Å². The van der Waals surface area contributed by atoms with Crippen molar-refractivity contribution >= 4 is 5.91 Å². The normalized spacial score (nSPS) is 13.2. The maximum atomic E-state index is 13.4. The molecule has 1 amide bonds. The summed E-state index contributed by atoms with van der Waals surface area (Å²) in [5, 5.41) is 21.9. The van der Waals surface area contributed by atoms with Gasteiger partial charge in [0.25, 0.3) is 5.91 Å². The smallest absolute Gasteiger partial charge is 0.258 e. The molecule has 7 heteroatoms. The van der Waals surface area contributed by atoms with Crippen LogP contribution in [0.25, 0.3) is 0 Å². The van der Waals surface area contributed by atoms with Crippen LogP contribution in [0.3, 0.4) is 0 Å². The first kappa shape index (κ1) is 16.9. The molecule has 23 heavy (non-hydrogen) atoms. The third-order valence-corrected chi connectivity index (χ3v) is 3.11. The van der Waals surface area contributed by atoms with Crippen molar-refractivity contribution in [2.45, 2.75) is 12.1 Å². The van der Waals surface area contributed by atoms with Crippen LogP contribution in [0, 0.1) is 5.82 Å². The Morgan fingerprint density at radius 2 is 2.00 bits per heavy atom. The predicted octanol–water partition coefficient (Wildman–Crippen LogP) is 0.810. The fourth-order valence-corrected chi connectivity index (χ4v) is 1.94. The van der Waals surface area contributed by atoms with Crippen molar-refractivity contribution in [3.63, 3.8) is 0 Å². The van der Waals surface area contributed by atoms with Crippen LogP contribution >= 0.6 is 0 Å². The van der Waals surface area contributed by atoms with Crippen LogP contribution in [0.1, 0.15) is 11.8 Å². The number of hydrogen-bond donors (Lipinski definition) is 3. The Morgan fingerprint density at radius 3 is 2.65 bits per heavy atom. The number of hydrogen-bond acceptors (Lipinski definition) is 5. The van der Waals surface area contributed by atoms with Crippen molar-refractivity contribution in [1.29, 1.82) is 0 Å². The van der Waals surface area contributed by atoms with Gasteiger partial charge in [0.05, 0.1) is 18.3 Å². The summed E-state index contributed by atoms with van der Waals surface area (Å²) in [6, 6.07) is 9.71. The highest BCUT2D eigenvalue weighted by molar-refractivity contribution is 5.78. The van der Waals surface area contributed by atoms with Gasteiger partial charge in [-0.1, -0.05) is 18.2 Å². The largest absolute Gasteiger partial charge is 0.481 e. The number of carbonyl (C=O) groups is 1. The van der Waals surface area contributed by atoms with Crippen LogP contribution in [0.2, 0.25) is 0 Å². The van der Waals surface area contributed by atoms with Gasteiger partial charge in [-0.05, 0) is 24.3 Å². The second-order valence-corrected chi connectivity index (χ2v) is 4.78. The molecule has 0 aliphatic carbocycles. The Labute approximate surface area is 132 Å². The van der Waals surface area contributed by atoms with E-state index >= 15 is 0 Å². The van der Waals surface area contributed by atoms with Crippen molar-refractivity contribution in [1.82, 2.24) is 10.3 Å². The van der Waals surface area contributed by atoms with Crippen LogP contribution in [0.15, 0.2) is 48.7 Å². The second kappa shape index (κ2) is 8.21. The molecule has 122 valence electrons. The van der Waals surface area contributed by atoms with E-state index in [1.807, 2.05) is 0 Å². The van der Waals surface area contributed by atoms with Gasteiger partial charge >= 0.3 is 0 Å². The molecule has 3 N–H and O–H groups in total. The molecule has 0 aliphatic rings. The molecular formula is C16H17FN2O4. The van der Waals surface area contributed by atoms with Crippen molar-refractivity contribution in [3.8, 4) is 5.75 Å². The predicted molar refractivity (Wildman–Crippen MR) is 80.1 cm³/mol. The van der Waals surface area contributed by atoms with E-state index in [4.69, 9.17) is 4.74 Å². The molecule has 0 spiro atoms. The lowest BCUT2D eigenvalue weighted by atomic mass is 10.1. The molecule has 0 aliphatic heterocycles. The van der Waals surface area contributed by atoms with Gasteiger partial charge < -0.3 is 20.3 Å². The first-order valence-electron chi connectivity index (χ1n) is 6.98. The zero-order chi connectivity index (χ0) is 16.7. The number of pyridine rings is 1. The summed E-state index contributed by atoms with van der Waals surface area (Å²) in [6.07, 6.45) is 0.328. The quantitative estimate of drug-likeness (QED) is 0.702. The Balaban J connectivity index is 1.91. The minimum absolute atomic E-state index is 0.0477. The average Bonchev–Trinajstić information content (AvgIpc) is 2.59. The number of aromatic nitrogens is 1. The van der Waals surface area contributed by atoms with Gasteiger partial charge in [0.2, 0.25) is 0 Å². The minimum atomic E-state index is -1.17. The van der Waals surface area contributed by atoms with Gasteiger partial charge in [-0.2, -0.15) is 0 Å². The average molecular weight is 320 g/mol. The summed E-state index contributed by atoms with van der Waals surface area (Å²) >= 11 is 0. The first-order chi connectivity index (χ1) is 11.1. The number of ether oxygens (including phenoxy) is 1. The van der Waals surface area contributed by atoms with E-state index in [1.165, 1.54) is 24.4 Å². The Kier molecular flexibility index (Phi) is 6.02. The number of halogens is 1. The monoisotopic (exact) mass is 320 g/mol. The summed E-state index contributed by atoms with van der Waals surface area (Å²) in [4.78, 5) is 15.8. The highest BCUT2D eigenvalue weighted by Gasteiger charge is 2.23. The van der Waals surface area contributed by atoms with E-state index in [0.717, 1.165) is 0 Å². The van der Waals surface area contributed by atoms with Gasteiger partial charge in [-0.15, -0.1) is 0 Å². The van der Waals surface area contributed by atoms with Gasteiger partial charge in [0.1, 0.15) is 6.10 Å². The SMILES string of the molecule is O=C(COc1ccccc1F)N[C@@H](CO)[C@@H](O)c1ccccn1. The number of nitrogens with one attached hydrogen (secondary N) is 1. The van der Waals surface area contributed by atoms with Gasteiger partial charge in [0, 0.05) is 6.20 Å². The van der Waals surface area contributed by atoms with Crippen molar-refractivity contribution < 1.29 is 24.1 Å². The molecule has 0 saturated heterocycles. The van der Waals surface area contributed by atoms with Crippen molar-refractivity contribution in [2.24, 2.45) is 0 Å². The number of carbonyl (C=O) groups excluding carboxylic acids is 1. The maximum absolute atomic E-state index is 13.4. The molecule has 1 aromatic heterocycles. The maximum Gasteiger partial charge on any atom is 0.258 e. The molecule has 0 bridgehead atoms. The summed E-state index contributed by atoms with van der Waals surface area (Å²) in [5.74, 6) is -1.22. The second-order valence-electron chi connectivity index (χ2n) is 4.78. The summed E-state index contributed by atoms with van der Waals surface area (Å²) in [7, 11) is 0. The number of para-hydroxylation sites is 1. The molecule has 0 unspecified atom stereocenters. The lowest BCUT2D eigenvalue weighted by molar-refractivity contribution is -0.125. The summed E-state index contributed by atoms with van der Waals surface area (Å²) < 4.78 is 18.4. The van der Waals surface area contributed by atoms with Crippen molar-refractivity contribution in [2.75, 3.05) is 13.2 Å². The topological polar surface area (TPSA) is 91.7 Å². The fourth-order valence-electron chi connectivity index (χ4n) is 1.94. The first-order valence-corrected chi connectivity index (χ1v) is 6.98. The third kappa shape index (κ3) is 4.73. The van der Waals surface area contributed by atoms with Crippen LogP contribution in [-0.2, 0) is 4.79 Å². The molecule has 1 aromatic carbocycles. The number of aliphatic hydroxyl groups excluding tert-OH is 2. The molecule has 2 atom stereocenters. The van der Waals surface area contributed by atoms with E-state index in [2.05, 4.69) is 10.3 Å². The standard InChI is InChI=1S/C16H17FN2O4/c17-11-5-1-2-7-14(11)23-10-15(21)19-13(9-20)16(22)12-6-3-4-8-18-12/h1-8,13,16,20,22H,9-10H2,(H,19,21)/t13-,16-/m0/s1. The summed E-state index contributed by atoms with van der Waals surface area (Å²) in [5.41, 5.74) is 0.321. The zero-order valence-corrected chi connectivity index (χ0v) is 12.2. The lowest BCUT2D eigenvalue weighted by Gasteiger charge is -2.21.